The summed E-state index contributed by atoms with van der Waals surface area (Å²) in [4.78, 5) is 0. The van der Waals surface area contributed by atoms with Gasteiger partial charge in [0.2, 0.25) is 0 Å². The molecule has 0 aromatic heterocycles. The molecule has 0 fully saturated rings. The van der Waals surface area contributed by atoms with Crippen LogP contribution in [0.25, 0.3) is 0 Å². The quantitative estimate of drug-likeness (QED) is 0.550. The van der Waals surface area contributed by atoms with Crippen molar-refractivity contribution in [3.8, 4) is 0 Å². The Morgan fingerprint density at radius 2 is 0.667 bits per heavy atom. The molecule has 0 unspecified atom stereocenters. The first-order chi connectivity index (χ1) is 3.25. The first kappa shape index (κ1) is 13.6. The molecule has 0 bridgehead atoms. The third-order valence-electron chi connectivity index (χ3n) is 2.25. The Labute approximate surface area is 104 Å². The van der Waals surface area contributed by atoms with Crippen LogP contribution in [0.15, 0.2) is 0 Å². The SMILES string of the molecule is C[Si](C)(C)[Si](C)(C)C.[KH]. The Balaban J connectivity index is 0. The van der Waals surface area contributed by atoms with Crippen LogP contribution >= 0.6 is 0 Å². The van der Waals surface area contributed by atoms with Crippen molar-refractivity contribution >= 4 is 66.6 Å². The second-order valence-electron chi connectivity index (χ2n) is 4.50. The molecule has 0 aromatic rings. The number of hydrogen-bond donors (Lipinski definition) is 0. The maximum atomic E-state index is 2.47. The minimum absolute atomic E-state index is 0. The number of hydrogen-bond acceptors (Lipinski definition) is 0. The zero-order chi connectivity index (χ0) is 7.00. The molecule has 0 aromatic carbocycles. The van der Waals surface area contributed by atoms with Crippen LogP contribution in [0.1, 0.15) is 0 Å². The molecule has 0 nitrogen and oxygen atoms in total. The van der Waals surface area contributed by atoms with Crippen molar-refractivity contribution in [2.45, 2.75) is 39.3 Å². The first-order valence-corrected chi connectivity index (χ1v) is 11.2. The van der Waals surface area contributed by atoms with Crippen LogP contribution in [0.2, 0.25) is 39.3 Å². The molecule has 3 heteroatoms. The third kappa shape index (κ3) is 5.35. The van der Waals surface area contributed by atoms with E-state index in [4.69, 9.17) is 0 Å². The normalized spacial score (nSPS) is 12.7. The maximum absolute atomic E-state index is 2.47. The van der Waals surface area contributed by atoms with Gasteiger partial charge in [0, 0.05) is 15.2 Å². The van der Waals surface area contributed by atoms with Gasteiger partial charge in [-0.05, 0) is 0 Å². The summed E-state index contributed by atoms with van der Waals surface area (Å²) in [6.07, 6.45) is 0. The van der Waals surface area contributed by atoms with E-state index in [9.17, 15) is 0 Å². The summed E-state index contributed by atoms with van der Waals surface area (Å²) in [7, 11) is -1.44. The van der Waals surface area contributed by atoms with E-state index in [-0.39, 0.29) is 51.4 Å². The van der Waals surface area contributed by atoms with Gasteiger partial charge in [-0.15, -0.1) is 0 Å². The Bertz CT molecular complexity index is 66.0. The minimum atomic E-state index is -0.720. The van der Waals surface area contributed by atoms with Crippen LogP contribution in [-0.2, 0) is 0 Å². The fourth-order valence-corrected chi connectivity index (χ4v) is 0. The zero-order valence-corrected chi connectivity index (χ0v) is 9.00. The van der Waals surface area contributed by atoms with Crippen molar-refractivity contribution in [2.75, 3.05) is 0 Å². The van der Waals surface area contributed by atoms with E-state index in [0.717, 1.165) is 0 Å². The van der Waals surface area contributed by atoms with Crippen molar-refractivity contribution in [1.29, 1.82) is 0 Å². The van der Waals surface area contributed by atoms with E-state index in [1.807, 2.05) is 0 Å². The van der Waals surface area contributed by atoms with Crippen LogP contribution in [0.3, 0.4) is 0 Å². The molecule has 0 aliphatic rings. The molecular formula is C6H19KSi2. The van der Waals surface area contributed by atoms with Crippen molar-refractivity contribution in [1.82, 2.24) is 0 Å². The Hall–Kier alpha value is 2.07. The molecule has 0 aliphatic heterocycles. The second kappa shape index (κ2) is 4.18. The van der Waals surface area contributed by atoms with E-state index in [1.54, 1.807) is 0 Å². The van der Waals surface area contributed by atoms with Crippen LogP contribution < -0.4 is 0 Å². The van der Waals surface area contributed by atoms with Gasteiger partial charge in [-0.3, -0.25) is 0 Å². The van der Waals surface area contributed by atoms with Crippen molar-refractivity contribution in [2.24, 2.45) is 0 Å². The van der Waals surface area contributed by atoms with Crippen molar-refractivity contribution < 1.29 is 0 Å². The van der Waals surface area contributed by atoms with Crippen LogP contribution in [0, 0.1) is 0 Å². The van der Waals surface area contributed by atoms with Gasteiger partial charge in [-0.1, -0.05) is 39.3 Å². The van der Waals surface area contributed by atoms with Crippen LogP contribution in [0.5, 0.6) is 0 Å². The Morgan fingerprint density at radius 3 is 0.667 bits per heavy atom. The van der Waals surface area contributed by atoms with Crippen LogP contribution in [-0.4, -0.2) is 66.6 Å². The van der Waals surface area contributed by atoms with Crippen LogP contribution in [0.4, 0.5) is 0 Å². The van der Waals surface area contributed by atoms with Gasteiger partial charge in [0.05, 0.1) is 0 Å². The van der Waals surface area contributed by atoms with Gasteiger partial charge < -0.3 is 0 Å². The molecular weight excluding hydrogens is 167 g/mol. The molecule has 0 spiro atoms. The number of rotatable bonds is 1. The topological polar surface area (TPSA) is 0 Å². The summed E-state index contributed by atoms with van der Waals surface area (Å²) in [6.45, 7) is 14.8. The van der Waals surface area contributed by atoms with Crippen molar-refractivity contribution in [3.05, 3.63) is 0 Å². The van der Waals surface area contributed by atoms with Crippen molar-refractivity contribution in [3.63, 3.8) is 0 Å². The molecule has 52 valence electrons. The molecule has 0 heterocycles. The molecule has 9 heavy (non-hydrogen) atoms. The molecule has 0 atom stereocenters. The predicted molar refractivity (Wildman–Crippen MR) is 53.8 cm³/mol. The molecule has 0 saturated carbocycles. The van der Waals surface area contributed by atoms with Gasteiger partial charge in [-0.2, -0.15) is 0 Å². The Morgan fingerprint density at radius 1 is 0.556 bits per heavy atom. The summed E-state index contributed by atoms with van der Waals surface area (Å²) in [5, 5.41) is 0. The molecule has 0 N–H and O–H groups in total. The molecule has 0 aliphatic carbocycles. The van der Waals surface area contributed by atoms with E-state index in [1.165, 1.54) is 0 Å². The zero-order valence-electron chi connectivity index (χ0n) is 7.00. The van der Waals surface area contributed by atoms with E-state index in [2.05, 4.69) is 39.3 Å². The fraction of sp³-hybridized carbons (Fsp3) is 1.00. The Kier molecular flexibility index (Phi) is 6.34. The summed E-state index contributed by atoms with van der Waals surface area (Å²) in [6, 6.07) is 0. The molecule has 0 saturated heterocycles. The fourth-order valence-electron chi connectivity index (χ4n) is 0. The average molecular weight is 186 g/mol. The molecule has 0 amide bonds. The first-order valence-electron chi connectivity index (χ1n) is 3.25. The van der Waals surface area contributed by atoms with E-state index >= 15 is 0 Å². The van der Waals surface area contributed by atoms with Gasteiger partial charge in [0.1, 0.15) is 0 Å². The predicted octanol–water partition coefficient (Wildman–Crippen LogP) is 2.09. The third-order valence-corrected chi connectivity index (χ3v) is 20.2. The van der Waals surface area contributed by atoms with E-state index in [0.29, 0.717) is 0 Å². The summed E-state index contributed by atoms with van der Waals surface area (Å²) < 4.78 is 0. The second-order valence-corrected chi connectivity index (χ2v) is 22.5. The molecule has 0 rings (SSSR count). The van der Waals surface area contributed by atoms with Gasteiger partial charge in [0.25, 0.3) is 0 Å². The average Bonchev–Trinajstić information content (AvgIpc) is 1.25. The van der Waals surface area contributed by atoms with Gasteiger partial charge >= 0.3 is 51.4 Å². The summed E-state index contributed by atoms with van der Waals surface area (Å²) >= 11 is 0. The summed E-state index contributed by atoms with van der Waals surface area (Å²) in [5.41, 5.74) is 0. The summed E-state index contributed by atoms with van der Waals surface area (Å²) in [5.74, 6) is 0. The molecule has 0 radical (unpaired) electrons. The monoisotopic (exact) mass is 186 g/mol. The van der Waals surface area contributed by atoms with Gasteiger partial charge in [0.15, 0.2) is 0 Å². The standard InChI is InChI=1S/C6H18Si2.K.H/c1-7(2,3)8(4,5)6;;/h1-6H3;;. The van der Waals surface area contributed by atoms with Gasteiger partial charge in [-0.25, -0.2) is 0 Å². The van der Waals surface area contributed by atoms with E-state index < -0.39 is 15.2 Å².